The molecule has 0 aliphatic carbocycles. The van der Waals surface area contributed by atoms with E-state index in [1.807, 2.05) is 48.0 Å². The van der Waals surface area contributed by atoms with Gasteiger partial charge >= 0.3 is 17.9 Å². The smallest absolute Gasteiger partial charge is 0.414 e. The minimum Gasteiger partial charge on any atom is -0.473 e. The molecule has 3 N–H and O–H groups in total. The van der Waals surface area contributed by atoms with Gasteiger partial charge in [0.05, 0.1) is 17.9 Å². The molecule has 8 nitrogen and oxygen atoms in total. The van der Waals surface area contributed by atoms with Gasteiger partial charge in [0.25, 0.3) is 0 Å². The third-order valence-electron chi connectivity index (χ3n) is 4.41. The highest BCUT2D eigenvalue weighted by Gasteiger charge is 2.14. The second-order valence-electron chi connectivity index (χ2n) is 6.63. The largest absolute Gasteiger partial charge is 0.473 e. The molecule has 1 aromatic heterocycles. The molecule has 2 aromatic carbocycles. The number of carbonyl (C=O) groups excluding carboxylic acids is 1. The first-order chi connectivity index (χ1) is 15.4. The Hall–Kier alpha value is -3.91. The van der Waals surface area contributed by atoms with Gasteiger partial charge in [0.15, 0.2) is 0 Å². The van der Waals surface area contributed by atoms with E-state index in [1.165, 1.54) is 5.56 Å². The fraction of sp³-hybridized carbons (Fsp3) is 0.208. The number of carbonyl (C=O) groups is 3. The zero-order chi connectivity index (χ0) is 23.3. The summed E-state index contributed by atoms with van der Waals surface area (Å²) >= 11 is 0. The lowest BCUT2D eigenvalue weighted by atomic mass is 10.1. The van der Waals surface area contributed by atoms with Crippen molar-refractivity contribution in [2.24, 2.45) is 0 Å². The van der Waals surface area contributed by atoms with Crippen molar-refractivity contribution in [1.82, 2.24) is 9.88 Å². The Kier molecular flexibility index (Phi) is 9.68. The molecule has 8 heteroatoms. The Labute approximate surface area is 186 Å². The lowest BCUT2D eigenvalue weighted by Crippen LogP contribution is -2.19. The van der Waals surface area contributed by atoms with E-state index < -0.39 is 11.9 Å². The molecule has 0 unspecified atom stereocenters. The van der Waals surface area contributed by atoms with E-state index in [-0.39, 0.29) is 5.97 Å². The summed E-state index contributed by atoms with van der Waals surface area (Å²) in [6, 6.07) is 22.0. The summed E-state index contributed by atoms with van der Waals surface area (Å²) in [5.74, 6) is -3.94. The average molecular weight is 438 g/mol. The second-order valence-corrected chi connectivity index (χ2v) is 6.63. The van der Waals surface area contributed by atoms with Crippen molar-refractivity contribution >= 4 is 17.9 Å². The van der Waals surface area contributed by atoms with E-state index in [0.717, 1.165) is 30.9 Å². The van der Waals surface area contributed by atoms with Crippen molar-refractivity contribution in [3.8, 4) is 5.69 Å². The van der Waals surface area contributed by atoms with Gasteiger partial charge in [0.2, 0.25) is 0 Å². The Balaban J connectivity index is 0.000000534. The number of aliphatic carboxylic acids is 2. The van der Waals surface area contributed by atoms with Crippen LogP contribution < -0.4 is 5.32 Å². The molecule has 0 atom stereocenters. The van der Waals surface area contributed by atoms with Crippen LogP contribution in [0.1, 0.15) is 28.5 Å². The van der Waals surface area contributed by atoms with E-state index >= 15 is 0 Å². The Morgan fingerprint density at radius 1 is 0.906 bits per heavy atom. The van der Waals surface area contributed by atoms with Crippen molar-refractivity contribution in [1.29, 1.82) is 0 Å². The van der Waals surface area contributed by atoms with E-state index in [9.17, 15) is 4.79 Å². The van der Waals surface area contributed by atoms with Crippen molar-refractivity contribution in [2.45, 2.75) is 19.9 Å². The monoisotopic (exact) mass is 438 g/mol. The first kappa shape index (κ1) is 24.4. The van der Waals surface area contributed by atoms with Crippen LogP contribution in [0.4, 0.5) is 0 Å². The summed E-state index contributed by atoms with van der Waals surface area (Å²) in [6.45, 7) is 3.82. The summed E-state index contributed by atoms with van der Waals surface area (Å²) in [7, 11) is 0. The number of nitrogens with one attached hydrogen (secondary N) is 1. The molecule has 0 aliphatic heterocycles. The molecule has 0 amide bonds. The molecule has 0 fully saturated rings. The second kappa shape index (κ2) is 12.7. The molecule has 3 rings (SSSR count). The van der Waals surface area contributed by atoms with E-state index in [4.69, 9.17) is 24.5 Å². The summed E-state index contributed by atoms with van der Waals surface area (Å²) in [6.07, 6.45) is 2.97. The number of esters is 1. The van der Waals surface area contributed by atoms with Gasteiger partial charge in [0.1, 0.15) is 0 Å². The molecule has 0 spiro atoms. The Morgan fingerprint density at radius 2 is 1.56 bits per heavy atom. The number of carboxylic acid groups (broad SMARTS) is 2. The molecule has 3 aromatic rings. The van der Waals surface area contributed by atoms with Gasteiger partial charge < -0.3 is 24.8 Å². The van der Waals surface area contributed by atoms with Gasteiger partial charge in [-0.15, -0.1) is 0 Å². The van der Waals surface area contributed by atoms with Crippen LogP contribution in [-0.4, -0.2) is 45.8 Å². The highest BCUT2D eigenvalue weighted by molar-refractivity contribution is 6.27. The van der Waals surface area contributed by atoms with Gasteiger partial charge in [-0.05, 0) is 49.7 Å². The Bertz CT molecular complexity index is 1020. The number of ether oxygens (including phenoxy) is 1. The maximum absolute atomic E-state index is 12.2. The van der Waals surface area contributed by atoms with Gasteiger partial charge in [-0.25, -0.2) is 14.4 Å². The zero-order valence-electron chi connectivity index (χ0n) is 17.7. The van der Waals surface area contributed by atoms with Crippen molar-refractivity contribution in [2.75, 3.05) is 13.2 Å². The zero-order valence-corrected chi connectivity index (χ0v) is 17.7. The predicted octanol–water partition coefficient (Wildman–Crippen LogP) is 3.14. The number of aromatic nitrogens is 1. The summed E-state index contributed by atoms with van der Waals surface area (Å²) in [5.41, 5.74) is 3.85. The SMILES string of the molecule is CCOC(=O)c1ccccc1-n1cccc1CNCCc1ccccc1.O=C(O)C(=O)O. The standard InChI is InChI=1S/C22H24N2O2.C2H2O4/c1-2-26-22(25)20-12-6-7-13-21(20)24-16-8-11-19(24)17-23-15-14-18-9-4-3-5-10-18;3-1(4)2(5)6/h3-13,16,23H,2,14-15,17H2,1H3;(H,3,4)(H,5,6). The van der Waals surface area contributed by atoms with E-state index in [0.29, 0.717) is 12.2 Å². The van der Waals surface area contributed by atoms with Crippen LogP contribution in [0, 0.1) is 0 Å². The van der Waals surface area contributed by atoms with E-state index in [2.05, 4.69) is 35.6 Å². The maximum atomic E-state index is 12.2. The van der Waals surface area contributed by atoms with E-state index in [1.54, 1.807) is 6.07 Å². The number of carboxylic acids is 2. The fourth-order valence-corrected chi connectivity index (χ4v) is 2.95. The number of para-hydroxylation sites is 1. The number of hydrogen-bond donors (Lipinski definition) is 3. The minimum atomic E-state index is -1.82. The molecule has 0 bridgehead atoms. The van der Waals surface area contributed by atoms with Crippen LogP contribution in [-0.2, 0) is 27.3 Å². The summed E-state index contributed by atoms with van der Waals surface area (Å²) < 4.78 is 7.23. The fourth-order valence-electron chi connectivity index (χ4n) is 2.95. The van der Waals surface area contributed by atoms with Crippen LogP contribution >= 0.6 is 0 Å². The van der Waals surface area contributed by atoms with Crippen LogP contribution in [0.25, 0.3) is 5.69 Å². The lowest BCUT2D eigenvalue weighted by Gasteiger charge is -2.14. The molecule has 0 saturated carbocycles. The molecule has 32 heavy (non-hydrogen) atoms. The third kappa shape index (κ3) is 7.41. The number of hydrogen-bond acceptors (Lipinski definition) is 5. The minimum absolute atomic E-state index is 0.292. The quantitative estimate of drug-likeness (QED) is 0.281. The third-order valence-corrected chi connectivity index (χ3v) is 4.41. The highest BCUT2D eigenvalue weighted by Crippen LogP contribution is 2.18. The van der Waals surface area contributed by atoms with Gasteiger partial charge in [0, 0.05) is 18.4 Å². The molecular weight excluding hydrogens is 412 g/mol. The predicted molar refractivity (Wildman–Crippen MR) is 119 cm³/mol. The molecule has 0 aliphatic rings. The first-order valence-electron chi connectivity index (χ1n) is 10.1. The van der Waals surface area contributed by atoms with Crippen LogP contribution in [0.2, 0.25) is 0 Å². The van der Waals surface area contributed by atoms with Crippen molar-refractivity contribution < 1.29 is 29.3 Å². The molecule has 0 saturated heterocycles. The lowest BCUT2D eigenvalue weighted by molar-refractivity contribution is -0.159. The molecule has 0 radical (unpaired) electrons. The summed E-state index contributed by atoms with van der Waals surface area (Å²) in [4.78, 5) is 30.4. The Morgan fingerprint density at radius 3 is 2.22 bits per heavy atom. The van der Waals surface area contributed by atoms with Gasteiger partial charge in [-0.2, -0.15) is 0 Å². The van der Waals surface area contributed by atoms with Crippen LogP contribution in [0.15, 0.2) is 72.9 Å². The van der Waals surface area contributed by atoms with Crippen LogP contribution in [0.5, 0.6) is 0 Å². The molecular formula is C24H26N2O6. The molecule has 168 valence electrons. The number of benzene rings is 2. The number of nitrogens with zero attached hydrogens (tertiary/aromatic N) is 1. The van der Waals surface area contributed by atoms with Gasteiger partial charge in [-0.3, -0.25) is 0 Å². The van der Waals surface area contributed by atoms with Crippen molar-refractivity contribution in [3.63, 3.8) is 0 Å². The topological polar surface area (TPSA) is 118 Å². The molecule has 1 heterocycles. The number of rotatable bonds is 8. The normalized spacial score (nSPS) is 10.0. The van der Waals surface area contributed by atoms with Gasteiger partial charge in [-0.1, -0.05) is 42.5 Å². The highest BCUT2D eigenvalue weighted by atomic mass is 16.5. The van der Waals surface area contributed by atoms with Crippen LogP contribution in [0.3, 0.4) is 0 Å². The summed E-state index contributed by atoms with van der Waals surface area (Å²) in [5, 5.41) is 18.3. The first-order valence-corrected chi connectivity index (χ1v) is 10.1. The average Bonchev–Trinajstić information content (AvgIpc) is 3.26. The van der Waals surface area contributed by atoms with Crippen molar-refractivity contribution in [3.05, 3.63) is 89.7 Å². The maximum Gasteiger partial charge on any atom is 0.414 e.